The van der Waals surface area contributed by atoms with Crippen molar-refractivity contribution in [2.75, 3.05) is 26.8 Å². The smallest absolute Gasteiger partial charge is 0.254 e. The van der Waals surface area contributed by atoms with Gasteiger partial charge in [0.1, 0.15) is 5.60 Å². The van der Waals surface area contributed by atoms with Gasteiger partial charge in [-0.15, -0.1) is 0 Å². The summed E-state index contributed by atoms with van der Waals surface area (Å²) in [7, 11) is 1.52. The number of morpholine rings is 1. The van der Waals surface area contributed by atoms with E-state index in [0.717, 1.165) is 0 Å². The highest BCUT2D eigenvalue weighted by atomic mass is 16.5. The zero-order valence-corrected chi connectivity index (χ0v) is 11.3. The predicted octanol–water partition coefficient (Wildman–Crippen LogP) is 0.410. The van der Waals surface area contributed by atoms with Crippen LogP contribution < -0.4 is 0 Å². The molecule has 0 aromatic rings. The number of methoxy groups -OCH3 is 1. The number of carbonyl (C=O) groups excluding carboxylic acids is 1. The molecule has 1 unspecified atom stereocenters. The number of nitrogens with zero attached hydrogens (tertiary/aromatic N) is 1. The van der Waals surface area contributed by atoms with Crippen LogP contribution >= 0.6 is 0 Å². The van der Waals surface area contributed by atoms with Gasteiger partial charge in [-0.1, -0.05) is 0 Å². The molecule has 100 valence electrons. The number of aliphatic hydroxyl groups is 1. The van der Waals surface area contributed by atoms with Gasteiger partial charge in [0.05, 0.1) is 18.3 Å². The highest BCUT2D eigenvalue weighted by Gasteiger charge is 2.40. The molecule has 0 radical (unpaired) electrons. The fourth-order valence-corrected chi connectivity index (χ4v) is 2.01. The lowest BCUT2D eigenvalue weighted by Gasteiger charge is -2.44. The first kappa shape index (κ1) is 14.4. The van der Waals surface area contributed by atoms with Crippen molar-refractivity contribution < 1.29 is 19.4 Å². The van der Waals surface area contributed by atoms with Crippen molar-refractivity contribution >= 4 is 5.91 Å². The first-order valence-corrected chi connectivity index (χ1v) is 5.85. The van der Waals surface area contributed by atoms with Crippen molar-refractivity contribution in [1.82, 2.24) is 4.90 Å². The van der Waals surface area contributed by atoms with Crippen molar-refractivity contribution in [3.63, 3.8) is 0 Å². The maximum atomic E-state index is 12.3. The maximum Gasteiger partial charge on any atom is 0.254 e. The van der Waals surface area contributed by atoms with Crippen molar-refractivity contribution in [2.24, 2.45) is 0 Å². The minimum absolute atomic E-state index is 0.0742. The van der Waals surface area contributed by atoms with Gasteiger partial charge in [0.15, 0.2) is 0 Å². The third-order valence-electron chi connectivity index (χ3n) is 3.00. The van der Waals surface area contributed by atoms with E-state index in [1.807, 2.05) is 13.8 Å². The SMILES string of the molecule is COC(C)(C)C(=O)N1CC(CO)OC(C)(C)C1. The Morgan fingerprint density at radius 1 is 1.59 bits per heavy atom. The largest absolute Gasteiger partial charge is 0.394 e. The number of rotatable bonds is 3. The zero-order chi connectivity index (χ0) is 13.3. The fourth-order valence-electron chi connectivity index (χ4n) is 2.01. The molecule has 5 heteroatoms. The van der Waals surface area contributed by atoms with E-state index in [-0.39, 0.29) is 18.6 Å². The third kappa shape index (κ3) is 3.40. The first-order chi connectivity index (χ1) is 7.72. The van der Waals surface area contributed by atoms with Gasteiger partial charge in [-0.25, -0.2) is 0 Å². The highest BCUT2D eigenvalue weighted by molar-refractivity contribution is 5.84. The monoisotopic (exact) mass is 245 g/mol. The summed E-state index contributed by atoms with van der Waals surface area (Å²) < 4.78 is 10.9. The van der Waals surface area contributed by atoms with E-state index in [9.17, 15) is 9.90 Å². The summed E-state index contributed by atoms with van der Waals surface area (Å²) in [5, 5.41) is 9.19. The van der Waals surface area contributed by atoms with Gasteiger partial charge >= 0.3 is 0 Å². The van der Waals surface area contributed by atoms with Crippen LogP contribution in [0.2, 0.25) is 0 Å². The van der Waals surface area contributed by atoms with E-state index in [4.69, 9.17) is 9.47 Å². The molecule has 1 rings (SSSR count). The number of hydrogen-bond acceptors (Lipinski definition) is 4. The number of ether oxygens (including phenoxy) is 2. The van der Waals surface area contributed by atoms with Crippen molar-refractivity contribution in [1.29, 1.82) is 0 Å². The lowest BCUT2D eigenvalue weighted by Crippen LogP contribution is -2.59. The van der Waals surface area contributed by atoms with Crippen molar-refractivity contribution in [3.05, 3.63) is 0 Å². The average Bonchev–Trinajstić information content (AvgIpc) is 2.25. The van der Waals surface area contributed by atoms with Crippen LogP contribution in [-0.4, -0.2) is 60.0 Å². The number of carbonyl (C=O) groups is 1. The topological polar surface area (TPSA) is 59.0 Å². The van der Waals surface area contributed by atoms with Gasteiger partial charge in [-0.05, 0) is 27.7 Å². The third-order valence-corrected chi connectivity index (χ3v) is 3.00. The summed E-state index contributed by atoms with van der Waals surface area (Å²) in [6.07, 6.45) is -0.324. The Morgan fingerprint density at radius 3 is 2.65 bits per heavy atom. The Hall–Kier alpha value is -0.650. The first-order valence-electron chi connectivity index (χ1n) is 5.85. The molecule has 1 saturated heterocycles. The maximum absolute atomic E-state index is 12.3. The lowest BCUT2D eigenvalue weighted by atomic mass is 10.0. The van der Waals surface area contributed by atoms with Gasteiger partial charge in [-0.3, -0.25) is 4.79 Å². The van der Waals surface area contributed by atoms with E-state index < -0.39 is 11.2 Å². The quantitative estimate of drug-likeness (QED) is 0.782. The van der Waals surface area contributed by atoms with Crippen molar-refractivity contribution in [3.8, 4) is 0 Å². The Kier molecular flexibility index (Phi) is 4.17. The fraction of sp³-hybridized carbons (Fsp3) is 0.917. The number of hydrogen-bond donors (Lipinski definition) is 1. The molecule has 1 aliphatic rings. The van der Waals surface area contributed by atoms with Crippen LogP contribution in [0.15, 0.2) is 0 Å². The van der Waals surface area contributed by atoms with Gasteiger partial charge in [0, 0.05) is 20.2 Å². The summed E-state index contributed by atoms with van der Waals surface area (Å²) >= 11 is 0. The standard InChI is InChI=1S/C12H23NO4/c1-11(2)8-13(6-9(7-14)17-11)10(15)12(3,4)16-5/h9,14H,6-8H2,1-5H3. The molecule has 1 fully saturated rings. The second kappa shape index (κ2) is 4.92. The molecule has 0 spiro atoms. The molecule has 0 bridgehead atoms. The van der Waals surface area contributed by atoms with Crippen LogP contribution in [0.3, 0.4) is 0 Å². The van der Waals surface area contributed by atoms with E-state index in [2.05, 4.69) is 0 Å². The van der Waals surface area contributed by atoms with E-state index >= 15 is 0 Å². The molecule has 1 aliphatic heterocycles. The predicted molar refractivity (Wildman–Crippen MR) is 63.7 cm³/mol. The minimum Gasteiger partial charge on any atom is -0.394 e. The van der Waals surface area contributed by atoms with E-state index in [1.54, 1.807) is 18.7 Å². The molecule has 0 aliphatic carbocycles. The van der Waals surface area contributed by atoms with Crippen LogP contribution in [-0.2, 0) is 14.3 Å². The Bertz CT molecular complexity index is 288. The second-order valence-electron chi connectivity index (χ2n) is 5.58. The zero-order valence-electron chi connectivity index (χ0n) is 11.3. The summed E-state index contributed by atoms with van der Waals surface area (Å²) in [6.45, 7) is 8.14. The molecule has 1 amide bonds. The molecule has 0 aromatic carbocycles. The molecule has 17 heavy (non-hydrogen) atoms. The molecule has 0 aromatic heterocycles. The summed E-state index contributed by atoms with van der Waals surface area (Å²) in [5.41, 5.74) is -1.28. The minimum atomic E-state index is -0.840. The van der Waals surface area contributed by atoms with Crippen LogP contribution in [0, 0.1) is 0 Å². The lowest BCUT2D eigenvalue weighted by molar-refractivity contribution is -0.179. The summed E-state index contributed by atoms with van der Waals surface area (Å²) in [5.74, 6) is -0.0742. The summed E-state index contributed by atoms with van der Waals surface area (Å²) in [6, 6.07) is 0. The van der Waals surface area contributed by atoms with Gasteiger partial charge < -0.3 is 19.5 Å². The van der Waals surface area contributed by atoms with Gasteiger partial charge in [0.25, 0.3) is 5.91 Å². The molecule has 5 nitrogen and oxygen atoms in total. The van der Waals surface area contributed by atoms with E-state index in [0.29, 0.717) is 13.1 Å². The van der Waals surface area contributed by atoms with Crippen LogP contribution in [0.4, 0.5) is 0 Å². The van der Waals surface area contributed by atoms with Crippen LogP contribution in [0.5, 0.6) is 0 Å². The molecule has 1 N–H and O–H groups in total. The van der Waals surface area contributed by atoms with Crippen LogP contribution in [0.1, 0.15) is 27.7 Å². The molecular formula is C12H23NO4. The van der Waals surface area contributed by atoms with Crippen molar-refractivity contribution in [2.45, 2.75) is 45.0 Å². The Morgan fingerprint density at radius 2 is 2.18 bits per heavy atom. The highest BCUT2D eigenvalue weighted by Crippen LogP contribution is 2.23. The Balaban J connectivity index is 2.80. The second-order valence-corrected chi connectivity index (χ2v) is 5.58. The van der Waals surface area contributed by atoms with Gasteiger partial charge in [-0.2, -0.15) is 0 Å². The number of amides is 1. The molecule has 0 saturated carbocycles. The molecular weight excluding hydrogens is 222 g/mol. The van der Waals surface area contributed by atoms with Crippen LogP contribution in [0.25, 0.3) is 0 Å². The van der Waals surface area contributed by atoms with E-state index in [1.165, 1.54) is 7.11 Å². The summed E-state index contributed by atoms with van der Waals surface area (Å²) in [4.78, 5) is 14.0. The molecule has 1 heterocycles. The molecule has 1 atom stereocenters. The Labute approximate surface area is 103 Å². The van der Waals surface area contributed by atoms with Gasteiger partial charge in [0.2, 0.25) is 0 Å². The average molecular weight is 245 g/mol. The number of aliphatic hydroxyl groups excluding tert-OH is 1. The normalized spacial score (nSPS) is 24.8.